The molecule has 1 aromatic heterocycles. The lowest BCUT2D eigenvalue weighted by molar-refractivity contribution is 0.222. The molecule has 2 aromatic rings. The van der Waals surface area contributed by atoms with Gasteiger partial charge < -0.3 is 15.4 Å². The molecule has 0 fully saturated rings. The average molecular weight is 315 g/mol. The van der Waals surface area contributed by atoms with E-state index in [-0.39, 0.29) is 6.10 Å². The van der Waals surface area contributed by atoms with E-state index in [0.717, 1.165) is 22.8 Å². The van der Waals surface area contributed by atoms with E-state index in [0.29, 0.717) is 13.1 Å². The van der Waals surface area contributed by atoms with Gasteiger partial charge in [0.25, 0.3) is 0 Å². The molecule has 1 unspecified atom stereocenters. The third-order valence-electron chi connectivity index (χ3n) is 3.42. The van der Waals surface area contributed by atoms with Crippen molar-refractivity contribution in [2.24, 2.45) is 12.0 Å². The van der Waals surface area contributed by atoms with Crippen molar-refractivity contribution in [3.8, 4) is 5.75 Å². The lowest BCUT2D eigenvalue weighted by Crippen LogP contribution is -2.41. The molecule has 0 bridgehead atoms. The molecule has 1 aromatic carbocycles. The molecular formula is C17H25N5O. The molecule has 0 saturated carbocycles. The van der Waals surface area contributed by atoms with Crippen molar-refractivity contribution in [2.45, 2.75) is 26.5 Å². The second-order valence-electron chi connectivity index (χ2n) is 5.52. The highest BCUT2D eigenvalue weighted by Gasteiger charge is 2.07. The van der Waals surface area contributed by atoms with Crippen LogP contribution in [0.1, 0.15) is 18.1 Å². The first-order valence-electron chi connectivity index (χ1n) is 7.73. The number of aromatic nitrogens is 2. The van der Waals surface area contributed by atoms with Crippen LogP contribution in [0, 0.1) is 6.92 Å². The van der Waals surface area contributed by atoms with Gasteiger partial charge in [0, 0.05) is 32.4 Å². The Morgan fingerprint density at radius 3 is 2.78 bits per heavy atom. The fraction of sp³-hybridized carbons (Fsp3) is 0.412. The largest absolute Gasteiger partial charge is 0.489 e. The molecular weight excluding hydrogens is 290 g/mol. The van der Waals surface area contributed by atoms with Crippen molar-refractivity contribution < 1.29 is 4.74 Å². The summed E-state index contributed by atoms with van der Waals surface area (Å²) in [6.45, 7) is 5.43. The monoisotopic (exact) mass is 315 g/mol. The SMILES string of the molecule is CN=C(NCc1cnn(C)c1)NCC(C)Oc1ccccc1C. The molecule has 1 atom stereocenters. The Bertz CT molecular complexity index is 650. The van der Waals surface area contributed by atoms with Crippen LogP contribution in [-0.4, -0.2) is 35.4 Å². The second kappa shape index (κ2) is 8.22. The molecule has 0 aliphatic heterocycles. The van der Waals surface area contributed by atoms with Gasteiger partial charge in [0.2, 0.25) is 0 Å². The van der Waals surface area contributed by atoms with Crippen molar-refractivity contribution in [3.63, 3.8) is 0 Å². The third-order valence-corrected chi connectivity index (χ3v) is 3.42. The molecule has 124 valence electrons. The molecule has 6 nitrogen and oxygen atoms in total. The normalized spacial score (nSPS) is 12.8. The number of nitrogens with zero attached hydrogens (tertiary/aromatic N) is 3. The Labute approximate surface area is 137 Å². The molecule has 0 spiro atoms. The fourth-order valence-corrected chi connectivity index (χ4v) is 2.16. The van der Waals surface area contributed by atoms with Gasteiger partial charge in [-0.1, -0.05) is 18.2 Å². The molecule has 23 heavy (non-hydrogen) atoms. The summed E-state index contributed by atoms with van der Waals surface area (Å²) in [7, 11) is 3.66. The number of hydrogen-bond donors (Lipinski definition) is 2. The number of aliphatic imine (C=N–C) groups is 1. The summed E-state index contributed by atoms with van der Waals surface area (Å²) in [6, 6.07) is 8.03. The number of guanidine groups is 1. The summed E-state index contributed by atoms with van der Waals surface area (Å²) in [6.07, 6.45) is 3.85. The lowest BCUT2D eigenvalue weighted by atomic mass is 10.2. The minimum absolute atomic E-state index is 0.0352. The van der Waals surface area contributed by atoms with Gasteiger partial charge in [-0.2, -0.15) is 5.10 Å². The topological polar surface area (TPSA) is 63.5 Å². The highest BCUT2D eigenvalue weighted by Crippen LogP contribution is 2.17. The summed E-state index contributed by atoms with van der Waals surface area (Å²) in [4.78, 5) is 4.22. The Balaban J connectivity index is 1.77. The maximum atomic E-state index is 5.95. The molecule has 0 amide bonds. The van der Waals surface area contributed by atoms with Gasteiger partial charge >= 0.3 is 0 Å². The number of nitrogens with one attached hydrogen (secondary N) is 2. The summed E-state index contributed by atoms with van der Waals surface area (Å²) in [5.74, 6) is 1.66. The molecule has 0 aliphatic rings. The molecule has 0 saturated heterocycles. The predicted octanol–water partition coefficient (Wildman–Crippen LogP) is 1.86. The summed E-state index contributed by atoms with van der Waals surface area (Å²) in [5, 5.41) is 10.7. The maximum Gasteiger partial charge on any atom is 0.191 e. The number of ether oxygens (including phenoxy) is 1. The van der Waals surface area contributed by atoms with Crippen LogP contribution in [0.4, 0.5) is 0 Å². The maximum absolute atomic E-state index is 5.95. The van der Waals surface area contributed by atoms with Crippen molar-refractivity contribution in [3.05, 3.63) is 47.8 Å². The van der Waals surface area contributed by atoms with Crippen molar-refractivity contribution >= 4 is 5.96 Å². The molecule has 0 aliphatic carbocycles. The third kappa shape index (κ3) is 5.32. The summed E-state index contributed by atoms with van der Waals surface area (Å²) < 4.78 is 7.73. The van der Waals surface area contributed by atoms with Crippen molar-refractivity contribution in [1.82, 2.24) is 20.4 Å². The van der Waals surface area contributed by atoms with Crippen LogP contribution >= 0.6 is 0 Å². The van der Waals surface area contributed by atoms with E-state index in [4.69, 9.17) is 4.74 Å². The minimum Gasteiger partial charge on any atom is -0.489 e. The number of rotatable bonds is 6. The van der Waals surface area contributed by atoms with Crippen LogP contribution in [0.3, 0.4) is 0 Å². The summed E-state index contributed by atoms with van der Waals surface area (Å²) >= 11 is 0. The van der Waals surface area contributed by atoms with Gasteiger partial charge in [-0.25, -0.2) is 0 Å². The Hall–Kier alpha value is -2.50. The van der Waals surface area contributed by atoms with Gasteiger partial charge in [0.1, 0.15) is 11.9 Å². The smallest absolute Gasteiger partial charge is 0.191 e. The average Bonchev–Trinajstić information content (AvgIpc) is 2.95. The van der Waals surface area contributed by atoms with E-state index in [1.165, 1.54) is 0 Å². The van der Waals surface area contributed by atoms with Gasteiger partial charge in [-0.05, 0) is 25.5 Å². The van der Waals surface area contributed by atoms with Crippen LogP contribution in [0.2, 0.25) is 0 Å². The Morgan fingerprint density at radius 1 is 1.35 bits per heavy atom. The van der Waals surface area contributed by atoms with Crippen LogP contribution in [-0.2, 0) is 13.6 Å². The van der Waals surface area contributed by atoms with Crippen LogP contribution in [0.25, 0.3) is 0 Å². The molecule has 2 N–H and O–H groups in total. The zero-order valence-corrected chi connectivity index (χ0v) is 14.2. The molecule has 6 heteroatoms. The predicted molar refractivity (Wildman–Crippen MR) is 92.7 cm³/mol. The zero-order chi connectivity index (χ0) is 16.7. The molecule has 1 heterocycles. The zero-order valence-electron chi connectivity index (χ0n) is 14.2. The minimum atomic E-state index is 0.0352. The van der Waals surface area contributed by atoms with Crippen LogP contribution in [0.15, 0.2) is 41.7 Å². The highest BCUT2D eigenvalue weighted by atomic mass is 16.5. The number of benzene rings is 1. The first-order chi connectivity index (χ1) is 11.1. The van der Waals surface area contributed by atoms with Gasteiger partial charge in [0.05, 0.1) is 12.7 Å². The van der Waals surface area contributed by atoms with Crippen molar-refractivity contribution in [1.29, 1.82) is 0 Å². The Morgan fingerprint density at radius 2 is 2.13 bits per heavy atom. The van der Waals surface area contributed by atoms with Gasteiger partial charge in [0.15, 0.2) is 5.96 Å². The standard InChI is InChI=1S/C17H25N5O/c1-13-7-5-6-8-16(13)23-14(2)9-19-17(18-3)20-10-15-11-21-22(4)12-15/h5-8,11-12,14H,9-10H2,1-4H3,(H2,18,19,20). The van der Waals surface area contributed by atoms with E-state index in [1.54, 1.807) is 11.7 Å². The Kier molecular flexibility index (Phi) is 6.02. The van der Waals surface area contributed by atoms with E-state index in [9.17, 15) is 0 Å². The first-order valence-corrected chi connectivity index (χ1v) is 7.73. The highest BCUT2D eigenvalue weighted by molar-refractivity contribution is 5.79. The second-order valence-corrected chi connectivity index (χ2v) is 5.52. The van der Waals surface area contributed by atoms with Gasteiger partial charge in [-0.15, -0.1) is 0 Å². The lowest BCUT2D eigenvalue weighted by Gasteiger charge is -2.18. The molecule has 0 radical (unpaired) electrons. The quantitative estimate of drug-likeness (QED) is 0.631. The van der Waals surface area contributed by atoms with E-state index in [1.807, 2.05) is 57.6 Å². The van der Waals surface area contributed by atoms with E-state index >= 15 is 0 Å². The number of hydrogen-bond acceptors (Lipinski definition) is 3. The van der Waals surface area contributed by atoms with Crippen molar-refractivity contribution in [2.75, 3.05) is 13.6 Å². The fourth-order valence-electron chi connectivity index (χ4n) is 2.16. The van der Waals surface area contributed by atoms with Crippen LogP contribution < -0.4 is 15.4 Å². The molecule has 2 rings (SSSR count). The summed E-state index contributed by atoms with van der Waals surface area (Å²) in [5.41, 5.74) is 2.25. The number of aryl methyl sites for hydroxylation is 2. The van der Waals surface area contributed by atoms with Gasteiger partial charge in [-0.3, -0.25) is 9.67 Å². The van der Waals surface area contributed by atoms with Crippen LogP contribution in [0.5, 0.6) is 5.75 Å². The number of para-hydroxylation sites is 1. The van der Waals surface area contributed by atoms with E-state index in [2.05, 4.69) is 20.7 Å². The van der Waals surface area contributed by atoms with E-state index < -0.39 is 0 Å². The first kappa shape index (κ1) is 16.9.